The maximum Gasteiger partial charge on any atom is 0.254 e. The number of rotatable bonds is 7. The van der Waals surface area contributed by atoms with Crippen molar-refractivity contribution in [3.8, 4) is 0 Å². The summed E-state index contributed by atoms with van der Waals surface area (Å²) in [6.07, 6.45) is 0.417. The van der Waals surface area contributed by atoms with E-state index in [0.717, 1.165) is 23.8 Å². The first-order valence-electron chi connectivity index (χ1n) is 8.03. The van der Waals surface area contributed by atoms with Gasteiger partial charge in [0.2, 0.25) is 10.0 Å². The van der Waals surface area contributed by atoms with Crippen LogP contribution in [0.4, 0.5) is 8.78 Å². The second-order valence-electron chi connectivity index (χ2n) is 6.05. The molecule has 0 aliphatic heterocycles. The van der Waals surface area contributed by atoms with Crippen LogP contribution < -0.4 is 10.0 Å². The van der Waals surface area contributed by atoms with Gasteiger partial charge in [0.05, 0.1) is 10.5 Å². The van der Waals surface area contributed by atoms with Crippen LogP contribution in [0.3, 0.4) is 0 Å². The molecule has 0 heterocycles. The Labute approximate surface area is 151 Å². The van der Waals surface area contributed by atoms with Crippen LogP contribution >= 0.6 is 0 Å². The summed E-state index contributed by atoms with van der Waals surface area (Å²) in [7, 11) is -3.55. The number of halogens is 2. The van der Waals surface area contributed by atoms with E-state index >= 15 is 0 Å². The van der Waals surface area contributed by atoms with E-state index in [-0.39, 0.29) is 23.0 Å². The fourth-order valence-corrected chi connectivity index (χ4v) is 3.55. The molecule has 0 fully saturated rings. The Balaban J connectivity index is 1.94. The van der Waals surface area contributed by atoms with Crippen LogP contribution in [0, 0.1) is 11.6 Å². The molecule has 2 aromatic carbocycles. The van der Waals surface area contributed by atoms with Crippen molar-refractivity contribution in [1.82, 2.24) is 10.0 Å². The molecule has 0 bridgehead atoms. The number of sulfonamides is 1. The first kappa shape index (κ1) is 20.0. The Kier molecular flexibility index (Phi) is 6.44. The van der Waals surface area contributed by atoms with E-state index in [1.807, 2.05) is 0 Å². The second-order valence-corrected chi connectivity index (χ2v) is 7.76. The van der Waals surface area contributed by atoms with Crippen LogP contribution in [-0.2, 0) is 16.4 Å². The summed E-state index contributed by atoms with van der Waals surface area (Å²) in [6.45, 7) is 3.66. The van der Waals surface area contributed by atoms with Crippen molar-refractivity contribution in [2.75, 3.05) is 6.54 Å². The highest BCUT2D eigenvalue weighted by molar-refractivity contribution is 7.89. The molecule has 0 atom stereocenters. The molecule has 1 amide bonds. The molecule has 8 heteroatoms. The molecule has 0 aromatic heterocycles. The monoisotopic (exact) mass is 382 g/mol. The quantitative estimate of drug-likeness (QED) is 0.773. The molecule has 0 saturated heterocycles. The normalized spacial score (nSPS) is 11.6. The Morgan fingerprint density at radius 1 is 1.08 bits per heavy atom. The van der Waals surface area contributed by atoms with E-state index in [9.17, 15) is 22.0 Å². The number of carbonyl (C=O) groups is 1. The molecule has 0 aliphatic carbocycles. The lowest BCUT2D eigenvalue weighted by Crippen LogP contribution is -2.30. The Morgan fingerprint density at radius 2 is 1.73 bits per heavy atom. The number of hydrogen-bond acceptors (Lipinski definition) is 3. The SMILES string of the molecule is CC(C)NS(=O)(=O)c1ccc(CCNC(=O)c2cc(F)ccc2F)cc1. The van der Waals surface area contributed by atoms with Crippen LogP contribution in [0.2, 0.25) is 0 Å². The van der Waals surface area contributed by atoms with Gasteiger partial charge in [-0.2, -0.15) is 0 Å². The minimum absolute atomic E-state index is 0.154. The molecule has 0 radical (unpaired) electrons. The van der Waals surface area contributed by atoms with Crippen molar-refractivity contribution < 1.29 is 22.0 Å². The predicted molar refractivity (Wildman–Crippen MR) is 94.3 cm³/mol. The van der Waals surface area contributed by atoms with Gasteiger partial charge in [-0.15, -0.1) is 0 Å². The Hall–Kier alpha value is -2.32. The third-order valence-corrected chi connectivity index (χ3v) is 5.17. The number of hydrogen-bond donors (Lipinski definition) is 2. The summed E-state index contributed by atoms with van der Waals surface area (Å²) in [5.74, 6) is -2.19. The molecule has 2 rings (SSSR count). The molecule has 26 heavy (non-hydrogen) atoms. The summed E-state index contributed by atoms with van der Waals surface area (Å²) in [6, 6.07) is 8.71. The molecule has 2 aromatic rings. The summed E-state index contributed by atoms with van der Waals surface area (Å²) < 4.78 is 53.2. The maximum absolute atomic E-state index is 13.5. The van der Waals surface area contributed by atoms with Gasteiger partial charge in [0, 0.05) is 12.6 Å². The van der Waals surface area contributed by atoms with Crippen LogP contribution in [0.15, 0.2) is 47.4 Å². The lowest BCUT2D eigenvalue weighted by molar-refractivity contribution is 0.0949. The van der Waals surface area contributed by atoms with Gasteiger partial charge in [0.1, 0.15) is 11.6 Å². The molecule has 0 saturated carbocycles. The molecule has 5 nitrogen and oxygen atoms in total. The first-order valence-corrected chi connectivity index (χ1v) is 9.52. The van der Waals surface area contributed by atoms with Crippen molar-refractivity contribution in [2.45, 2.75) is 31.2 Å². The van der Waals surface area contributed by atoms with Crippen molar-refractivity contribution in [1.29, 1.82) is 0 Å². The predicted octanol–water partition coefficient (Wildman–Crippen LogP) is 2.62. The van der Waals surface area contributed by atoms with Gasteiger partial charge in [-0.25, -0.2) is 21.9 Å². The Morgan fingerprint density at radius 3 is 2.35 bits per heavy atom. The van der Waals surface area contributed by atoms with Gasteiger partial charge in [-0.3, -0.25) is 4.79 Å². The molecular formula is C18H20F2N2O3S. The van der Waals surface area contributed by atoms with Crippen LogP contribution in [0.5, 0.6) is 0 Å². The molecule has 0 unspecified atom stereocenters. The first-order chi connectivity index (χ1) is 12.2. The van der Waals surface area contributed by atoms with Crippen molar-refractivity contribution in [3.05, 3.63) is 65.2 Å². The van der Waals surface area contributed by atoms with E-state index < -0.39 is 27.6 Å². The molecular weight excluding hydrogens is 362 g/mol. The molecule has 0 aliphatic rings. The van der Waals surface area contributed by atoms with E-state index in [0.29, 0.717) is 6.42 Å². The largest absolute Gasteiger partial charge is 0.352 e. The van der Waals surface area contributed by atoms with Gasteiger partial charge in [0.15, 0.2) is 0 Å². The smallest absolute Gasteiger partial charge is 0.254 e. The highest BCUT2D eigenvalue weighted by atomic mass is 32.2. The van der Waals surface area contributed by atoms with Crippen LogP contribution in [0.25, 0.3) is 0 Å². The van der Waals surface area contributed by atoms with Gasteiger partial charge in [-0.1, -0.05) is 12.1 Å². The van der Waals surface area contributed by atoms with Crippen molar-refractivity contribution in [3.63, 3.8) is 0 Å². The fraction of sp³-hybridized carbons (Fsp3) is 0.278. The van der Waals surface area contributed by atoms with E-state index in [2.05, 4.69) is 10.0 Å². The summed E-state index contributed by atoms with van der Waals surface area (Å²) in [4.78, 5) is 12.0. The minimum atomic E-state index is -3.55. The zero-order valence-electron chi connectivity index (χ0n) is 14.4. The number of nitrogens with one attached hydrogen (secondary N) is 2. The molecule has 0 spiro atoms. The van der Waals surface area contributed by atoms with Crippen molar-refractivity contribution in [2.24, 2.45) is 0 Å². The van der Waals surface area contributed by atoms with E-state index in [1.165, 1.54) is 12.1 Å². The second kappa shape index (κ2) is 8.37. The average Bonchev–Trinajstić information content (AvgIpc) is 2.56. The topological polar surface area (TPSA) is 75.3 Å². The fourth-order valence-electron chi connectivity index (χ4n) is 2.30. The van der Waals surface area contributed by atoms with Crippen molar-refractivity contribution >= 4 is 15.9 Å². The zero-order valence-corrected chi connectivity index (χ0v) is 15.2. The van der Waals surface area contributed by atoms with Gasteiger partial charge >= 0.3 is 0 Å². The standard InChI is InChI=1S/C18H20F2N2O3S/c1-12(2)22-26(24,25)15-6-3-13(4-7-15)9-10-21-18(23)16-11-14(19)5-8-17(16)20/h3-8,11-12,22H,9-10H2,1-2H3,(H,21,23). The highest BCUT2D eigenvalue weighted by Gasteiger charge is 2.15. The third kappa shape index (κ3) is 5.34. The Bertz CT molecular complexity index is 882. The third-order valence-electron chi connectivity index (χ3n) is 3.50. The number of carbonyl (C=O) groups excluding carboxylic acids is 1. The maximum atomic E-state index is 13.5. The number of benzene rings is 2. The van der Waals surface area contributed by atoms with Crippen LogP contribution in [-0.4, -0.2) is 26.9 Å². The van der Waals surface area contributed by atoms with E-state index in [1.54, 1.807) is 26.0 Å². The summed E-state index contributed by atoms with van der Waals surface area (Å²) in [5.41, 5.74) is 0.444. The summed E-state index contributed by atoms with van der Waals surface area (Å²) >= 11 is 0. The van der Waals surface area contributed by atoms with Crippen LogP contribution in [0.1, 0.15) is 29.8 Å². The minimum Gasteiger partial charge on any atom is -0.352 e. The average molecular weight is 382 g/mol. The van der Waals surface area contributed by atoms with Gasteiger partial charge < -0.3 is 5.32 Å². The molecule has 140 valence electrons. The molecule has 2 N–H and O–H groups in total. The van der Waals surface area contributed by atoms with E-state index in [4.69, 9.17) is 0 Å². The lowest BCUT2D eigenvalue weighted by atomic mass is 10.1. The number of amides is 1. The lowest BCUT2D eigenvalue weighted by Gasteiger charge is -2.10. The highest BCUT2D eigenvalue weighted by Crippen LogP contribution is 2.12. The van der Waals surface area contributed by atoms with Gasteiger partial charge in [0.25, 0.3) is 5.91 Å². The summed E-state index contributed by atoms with van der Waals surface area (Å²) in [5, 5.41) is 2.51. The zero-order chi connectivity index (χ0) is 19.3. The van der Waals surface area contributed by atoms with Gasteiger partial charge in [-0.05, 0) is 56.2 Å².